The van der Waals surface area contributed by atoms with Crippen LogP contribution in [0.3, 0.4) is 0 Å². The third-order valence-corrected chi connectivity index (χ3v) is 9.86. The van der Waals surface area contributed by atoms with Crippen LogP contribution >= 0.6 is 0 Å². The summed E-state index contributed by atoms with van der Waals surface area (Å²) >= 11 is 0. The van der Waals surface area contributed by atoms with Gasteiger partial charge in [0.15, 0.2) is 0 Å². The van der Waals surface area contributed by atoms with Crippen LogP contribution in [0.2, 0.25) is 0 Å². The third-order valence-electron chi connectivity index (χ3n) is 9.86. The summed E-state index contributed by atoms with van der Waals surface area (Å²) in [5.74, 6) is 8.00. The van der Waals surface area contributed by atoms with E-state index in [9.17, 15) is 9.59 Å². The zero-order valence-corrected chi connectivity index (χ0v) is 24.5. The lowest BCUT2D eigenvalue weighted by Crippen LogP contribution is -2.68. The van der Waals surface area contributed by atoms with Gasteiger partial charge in [-0.3, -0.25) is 9.59 Å². The fourth-order valence-corrected chi connectivity index (χ4v) is 8.06. The first kappa shape index (κ1) is 26.9. The van der Waals surface area contributed by atoms with E-state index < -0.39 is 0 Å². The number of benzene rings is 2. The summed E-state index contributed by atoms with van der Waals surface area (Å²) in [4.78, 5) is 30.3. The van der Waals surface area contributed by atoms with Gasteiger partial charge in [0.25, 0.3) is 5.91 Å². The molecule has 0 radical (unpaired) electrons. The Labute approximate surface area is 238 Å². The summed E-state index contributed by atoms with van der Waals surface area (Å²) in [7, 11) is 2.21. The molecule has 0 aromatic heterocycles. The minimum atomic E-state index is -0.303. The van der Waals surface area contributed by atoms with Crippen molar-refractivity contribution in [2.75, 3.05) is 20.1 Å². The Morgan fingerprint density at radius 1 is 1.18 bits per heavy atom. The summed E-state index contributed by atoms with van der Waals surface area (Å²) in [6, 6.07) is 10.2. The second kappa shape index (κ2) is 9.96. The molecule has 2 aliphatic heterocycles. The molecule has 6 rings (SSSR count). The van der Waals surface area contributed by atoms with Gasteiger partial charge in [-0.2, -0.15) is 0 Å². The van der Waals surface area contributed by atoms with Crippen molar-refractivity contribution in [1.82, 2.24) is 9.80 Å². The number of likely N-dealkylation sites (N-methyl/N-ethyl adjacent to an activating group) is 1. The Morgan fingerprint density at radius 2 is 1.98 bits per heavy atom. The third kappa shape index (κ3) is 4.21. The van der Waals surface area contributed by atoms with Crippen molar-refractivity contribution >= 4 is 11.9 Å². The van der Waals surface area contributed by atoms with E-state index in [1.165, 1.54) is 23.6 Å². The molecule has 6 nitrogen and oxygen atoms in total. The number of rotatable bonds is 4. The first-order chi connectivity index (χ1) is 19.1. The number of nitrogens with zero attached hydrogens (tertiary/aromatic N) is 2. The van der Waals surface area contributed by atoms with E-state index in [-0.39, 0.29) is 29.4 Å². The standard InChI is InChI=1S/C34H40N2O4/c1-20(2)19-36(31(38)14-9-24-8-7-21(3)22(4)17-24)27-11-10-26-28-18-25-29(39-23(5)37)12-13-30-32(25)34(26,33(27)40-30)15-16-35(28)6/h7-8,12-13,17,20,26-28,33H,10-11,15-16,18-19H2,1-6H3/t26-,27-,28+,33-,34-/m0/s1. The molecule has 6 heteroatoms. The van der Waals surface area contributed by atoms with Crippen LogP contribution in [0, 0.1) is 37.5 Å². The summed E-state index contributed by atoms with van der Waals surface area (Å²) in [5, 5.41) is 0. The molecular formula is C34H40N2O4. The van der Waals surface area contributed by atoms with E-state index in [4.69, 9.17) is 9.47 Å². The van der Waals surface area contributed by atoms with E-state index in [0.29, 0.717) is 30.2 Å². The summed E-state index contributed by atoms with van der Waals surface area (Å²) in [6.07, 6.45) is 3.60. The molecule has 2 fully saturated rings. The average Bonchev–Trinajstić information content (AvgIpc) is 3.24. The smallest absolute Gasteiger partial charge is 0.308 e. The number of carbonyl (C=O) groups is 2. The highest BCUT2D eigenvalue weighted by Gasteiger charge is 2.66. The van der Waals surface area contributed by atoms with Crippen LogP contribution in [0.4, 0.5) is 0 Å². The normalized spacial score (nSPS) is 27.8. The minimum Gasteiger partial charge on any atom is -0.487 e. The van der Waals surface area contributed by atoms with Crippen molar-refractivity contribution in [1.29, 1.82) is 0 Å². The molecule has 0 unspecified atom stereocenters. The number of esters is 1. The summed E-state index contributed by atoms with van der Waals surface area (Å²) < 4.78 is 12.6. The van der Waals surface area contributed by atoms with Crippen molar-refractivity contribution in [2.45, 2.75) is 83.9 Å². The Morgan fingerprint density at radius 3 is 2.70 bits per heavy atom. The Balaban J connectivity index is 1.40. The molecule has 5 atom stereocenters. The fraction of sp³-hybridized carbons (Fsp3) is 0.529. The van der Waals surface area contributed by atoms with Crippen LogP contribution in [0.5, 0.6) is 11.5 Å². The zero-order chi connectivity index (χ0) is 28.3. The largest absolute Gasteiger partial charge is 0.487 e. The van der Waals surface area contributed by atoms with Crippen molar-refractivity contribution in [2.24, 2.45) is 11.8 Å². The molecule has 2 aromatic carbocycles. The molecule has 1 saturated heterocycles. The van der Waals surface area contributed by atoms with Gasteiger partial charge in [-0.1, -0.05) is 25.8 Å². The van der Waals surface area contributed by atoms with Crippen LogP contribution in [0.25, 0.3) is 0 Å². The number of hydrogen-bond acceptors (Lipinski definition) is 5. The first-order valence-corrected chi connectivity index (χ1v) is 14.7. The van der Waals surface area contributed by atoms with Gasteiger partial charge in [0.2, 0.25) is 0 Å². The predicted octanol–water partition coefficient (Wildman–Crippen LogP) is 4.80. The van der Waals surface area contributed by atoms with Gasteiger partial charge in [-0.15, -0.1) is 0 Å². The molecule has 2 bridgehead atoms. The van der Waals surface area contributed by atoms with E-state index in [1.54, 1.807) is 0 Å². The minimum absolute atomic E-state index is 0.0696. The second-order valence-corrected chi connectivity index (χ2v) is 12.7. The molecule has 40 heavy (non-hydrogen) atoms. The van der Waals surface area contributed by atoms with Gasteiger partial charge in [0, 0.05) is 47.5 Å². The molecule has 0 N–H and O–H groups in total. The van der Waals surface area contributed by atoms with E-state index in [2.05, 4.69) is 57.5 Å². The Kier molecular flexibility index (Phi) is 6.70. The van der Waals surface area contributed by atoms with Gasteiger partial charge >= 0.3 is 5.97 Å². The summed E-state index contributed by atoms with van der Waals surface area (Å²) in [6.45, 7) is 11.5. The number of amides is 1. The Bertz CT molecular complexity index is 1440. The second-order valence-electron chi connectivity index (χ2n) is 12.7. The number of carbonyl (C=O) groups excluding carboxylic acids is 2. The molecule has 4 aliphatic rings. The van der Waals surface area contributed by atoms with Gasteiger partial charge < -0.3 is 19.3 Å². The monoisotopic (exact) mass is 540 g/mol. The maximum atomic E-state index is 13.9. The van der Waals surface area contributed by atoms with Crippen LogP contribution in [0.15, 0.2) is 30.3 Å². The van der Waals surface area contributed by atoms with Gasteiger partial charge in [0.05, 0.1) is 6.04 Å². The number of hydrogen-bond donors (Lipinski definition) is 0. The molecule has 1 saturated carbocycles. The van der Waals surface area contributed by atoms with Crippen molar-refractivity contribution < 1.29 is 19.1 Å². The van der Waals surface area contributed by atoms with Crippen molar-refractivity contribution in [3.05, 3.63) is 58.1 Å². The molecule has 210 valence electrons. The highest BCUT2D eigenvalue weighted by Crippen LogP contribution is 2.63. The van der Waals surface area contributed by atoms with Crippen molar-refractivity contribution in [3.63, 3.8) is 0 Å². The van der Waals surface area contributed by atoms with E-state index in [1.807, 2.05) is 29.2 Å². The van der Waals surface area contributed by atoms with Crippen LogP contribution < -0.4 is 9.47 Å². The van der Waals surface area contributed by atoms with Crippen LogP contribution in [-0.4, -0.2) is 60.0 Å². The molecule has 2 aromatic rings. The first-order valence-electron chi connectivity index (χ1n) is 14.7. The average molecular weight is 541 g/mol. The van der Waals surface area contributed by atoms with E-state index >= 15 is 0 Å². The lowest BCUT2D eigenvalue weighted by molar-refractivity contribution is -0.137. The van der Waals surface area contributed by atoms with E-state index in [0.717, 1.165) is 49.1 Å². The maximum absolute atomic E-state index is 13.9. The highest BCUT2D eigenvalue weighted by molar-refractivity contribution is 5.94. The predicted molar refractivity (Wildman–Crippen MR) is 154 cm³/mol. The maximum Gasteiger partial charge on any atom is 0.308 e. The quantitative estimate of drug-likeness (QED) is 0.317. The van der Waals surface area contributed by atoms with Crippen LogP contribution in [0.1, 0.15) is 67.9 Å². The number of ether oxygens (including phenoxy) is 2. The molecular weight excluding hydrogens is 500 g/mol. The number of likely N-dealkylation sites (tertiary alicyclic amines) is 1. The van der Waals surface area contributed by atoms with Gasteiger partial charge in [-0.05, 0) is 100 Å². The number of piperidine rings is 1. The molecule has 1 spiro atoms. The van der Waals surface area contributed by atoms with Gasteiger partial charge in [0.1, 0.15) is 17.6 Å². The SMILES string of the molecule is CC(=O)Oc1ccc2c3c1C[C@@H]1[C@@H]4CC[C@H](N(CC(C)C)C(=O)C#Cc5ccc(C)c(C)c5)[C@H](O2)[C@]34CCN1C. The van der Waals surface area contributed by atoms with Crippen molar-refractivity contribution in [3.8, 4) is 23.3 Å². The molecule has 2 heterocycles. The molecule has 2 aliphatic carbocycles. The van der Waals surface area contributed by atoms with Crippen LogP contribution in [-0.2, 0) is 21.4 Å². The highest BCUT2D eigenvalue weighted by atomic mass is 16.5. The lowest BCUT2D eigenvalue weighted by Gasteiger charge is -2.60. The topological polar surface area (TPSA) is 59.1 Å². The van der Waals surface area contributed by atoms with Gasteiger partial charge in [-0.25, -0.2) is 0 Å². The fourth-order valence-electron chi connectivity index (χ4n) is 8.06. The molecule has 1 amide bonds. The Hall–Kier alpha value is -3.30. The lowest BCUT2D eigenvalue weighted by atomic mass is 9.51. The zero-order valence-electron chi connectivity index (χ0n) is 24.5. The summed E-state index contributed by atoms with van der Waals surface area (Å²) in [5.41, 5.74) is 5.39. The number of aryl methyl sites for hydroxylation is 2.